The van der Waals surface area contributed by atoms with Crippen LogP contribution in [0.3, 0.4) is 0 Å². The lowest BCUT2D eigenvalue weighted by Gasteiger charge is -2.09. The van der Waals surface area contributed by atoms with Crippen molar-refractivity contribution in [2.45, 2.75) is 0 Å². The van der Waals surface area contributed by atoms with Crippen LogP contribution in [-0.4, -0.2) is 18.2 Å². The number of ether oxygens (including phenoxy) is 1. The molecule has 56 valence electrons. The fraction of sp³-hybridized carbons (Fsp3) is 0.167. The van der Waals surface area contributed by atoms with Gasteiger partial charge in [0.05, 0.1) is 5.70 Å². The molecule has 2 aliphatic heterocycles. The van der Waals surface area contributed by atoms with Gasteiger partial charge in [0.2, 0.25) is 0 Å². The first-order valence-electron chi connectivity index (χ1n) is 3.03. The summed E-state index contributed by atoms with van der Waals surface area (Å²) in [5.74, 6) is -0.906. The maximum absolute atomic E-state index is 10.8. The summed E-state index contributed by atoms with van der Waals surface area (Å²) in [5, 5.41) is 2.39. The van der Waals surface area contributed by atoms with Crippen LogP contribution in [0, 0.1) is 5.92 Å². The van der Waals surface area contributed by atoms with Gasteiger partial charge in [-0.15, -0.1) is 0 Å². The number of nitrogens with one attached hydrogen (secondary N) is 1. The third kappa shape index (κ3) is 0.813. The zero-order chi connectivity index (χ0) is 7.84. The number of cyclic esters (lactones) is 1. The quantitative estimate of drug-likeness (QED) is 0.488. The largest absolute Gasteiger partial charge is 0.432 e. The predicted molar refractivity (Wildman–Crippen MR) is 34.7 cm³/mol. The van der Waals surface area contributed by atoms with Gasteiger partial charge >= 0.3 is 12.0 Å². The van der Waals surface area contributed by atoms with Crippen molar-refractivity contribution in [3.05, 3.63) is 12.0 Å². The molecule has 5 nitrogen and oxygen atoms in total. The number of amides is 2. The highest BCUT2D eigenvalue weighted by molar-refractivity contribution is 6.02. The van der Waals surface area contributed by atoms with E-state index in [1.54, 1.807) is 0 Å². The van der Waals surface area contributed by atoms with Crippen LogP contribution in [0.25, 0.3) is 0 Å². The van der Waals surface area contributed by atoms with Crippen LogP contribution in [0.2, 0.25) is 0 Å². The molecule has 2 heterocycles. The summed E-state index contributed by atoms with van der Waals surface area (Å²) in [5.41, 5.74) is 0.468. The lowest BCUT2D eigenvalue weighted by Crippen LogP contribution is -2.31. The molecule has 0 aromatic heterocycles. The second kappa shape index (κ2) is 1.91. The molecule has 2 aliphatic rings. The molecule has 1 N–H and O–H groups in total. The molecule has 0 fully saturated rings. The number of carbonyl (C=O) groups excluding carboxylic acids is 2. The summed E-state index contributed by atoms with van der Waals surface area (Å²) in [6, 6.07) is -0.467. The number of esters is 1. The van der Waals surface area contributed by atoms with E-state index in [0.717, 1.165) is 0 Å². The van der Waals surface area contributed by atoms with Gasteiger partial charge in [-0.05, 0) is 0 Å². The number of fused-ring (bicyclic) bond motifs is 1. The van der Waals surface area contributed by atoms with Gasteiger partial charge in [0.1, 0.15) is 12.2 Å². The molecule has 1 unspecified atom stereocenters. The van der Waals surface area contributed by atoms with Gasteiger partial charge in [-0.3, -0.25) is 4.79 Å². The predicted octanol–water partition coefficient (Wildman–Crippen LogP) is -0.205. The number of carbonyl (C=O) groups is 2. The number of urea groups is 1. The van der Waals surface area contributed by atoms with Gasteiger partial charge in [0, 0.05) is 6.21 Å². The first-order valence-corrected chi connectivity index (χ1v) is 3.03. The summed E-state index contributed by atoms with van der Waals surface area (Å²) in [7, 11) is 0. The topological polar surface area (TPSA) is 67.8 Å². The Labute approximate surface area is 61.7 Å². The average Bonchev–Trinajstić information content (AvgIpc) is 2.32. The molecule has 0 bridgehead atoms. The molecule has 2 rings (SSSR count). The summed E-state index contributed by atoms with van der Waals surface area (Å²) in [6.45, 7) is 0. The van der Waals surface area contributed by atoms with Gasteiger partial charge in [0.15, 0.2) is 0 Å². The molecule has 0 aromatic carbocycles. The van der Waals surface area contributed by atoms with Crippen molar-refractivity contribution in [3.63, 3.8) is 0 Å². The minimum Gasteiger partial charge on any atom is -0.432 e. The summed E-state index contributed by atoms with van der Waals surface area (Å²) >= 11 is 0. The minimum atomic E-state index is -0.507. The Balaban J connectivity index is 2.36. The zero-order valence-electron chi connectivity index (χ0n) is 5.40. The molecule has 0 saturated carbocycles. The second-order valence-corrected chi connectivity index (χ2v) is 2.20. The van der Waals surface area contributed by atoms with Crippen molar-refractivity contribution in [1.82, 2.24) is 5.32 Å². The van der Waals surface area contributed by atoms with Gasteiger partial charge in [0.25, 0.3) is 0 Å². The van der Waals surface area contributed by atoms with Gasteiger partial charge < -0.3 is 10.1 Å². The van der Waals surface area contributed by atoms with Gasteiger partial charge in [-0.25, -0.2) is 9.79 Å². The van der Waals surface area contributed by atoms with Crippen LogP contribution < -0.4 is 5.32 Å². The Morgan fingerprint density at radius 3 is 3.18 bits per heavy atom. The van der Waals surface area contributed by atoms with Crippen molar-refractivity contribution in [2.75, 3.05) is 0 Å². The van der Waals surface area contributed by atoms with E-state index in [-0.39, 0.29) is 0 Å². The van der Waals surface area contributed by atoms with E-state index in [0.29, 0.717) is 5.70 Å². The molecular formula is C6H4N2O3. The molecule has 0 radical (unpaired) electrons. The highest BCUT2D eigenvalue weighted by Crippen LogP contribution is 2.18. The van der Waals surface area contributed by atoms with E-state index in [1.165, 1.54) is 12.5 Å². The number of hydrogen-bond donors (Lipinski definition) is 1. The third-order valence-corrected chi connectivity index (χ3v) is 1.48. The monoisotopic (exact) mass is 152 g/mol. The van der Waals surface area contributed by atoms with Crippen molar-refractivity contribution in [2.24, 2.45) is 10.9 Å². The van der Waals surface area contributed by atoms with E-state index >= 15 is 0 Å². The number of hydrogen-bond acceptors (Lipinski definition) is 3. The van der Waals surface area contributed by atoms with Gasteiger partial charge in [-0.1, -0.05) is 0 Å². The molecule has 0 aromatic rings. The maximum Gasteiger partial charge on any atom is 0.344 e. The molecule has 2 amide bonds. The highest BCUT2D eigenvalue weighted by Gasteiger charge is 2.32. The normalized spacial score (nSPS) is 27.3. The minimum absolute atomic E-state index is 0.399. The third-order valence-electron chi connectivity index (χ3n) is 1.48. The van der Waals surface area contributed by atoms with Crippen LogP contribution in [0.5, 0.6) is 0 Å². The Morgan fingerprint density at radius 2 is 2.36 bits per heavy atom. The van der Waals surface area contributed by atoms with E-state index in [4.69, 9.17) is 0 Å². The summed E-state index contributed by atoms with van der Waals surface area (Å²) < 4.78 is 4.54. The molecule has 5 heteroatoms. The fourth-order valence-corrected chi connectivity index (χ4v) is 0.941. The number of aliphatic imine (C=N–C) groups is 1. The second-order valence-electron chi connectivity index (χ2n) is 2.20. The van der Waals surface area contributed by atoms with Crippen molar-refractivity contribution >= 4 is 18.2 Å². The van der Waals surface area contributed by atoms with Crippen LogP contribution in [-0.2, 0) is 9.53 Å². The zero-order valence-corrected chi connectivity index (χ0v) is 5.40. The van der Waals surface area contributed by atoms with E-state index < -0.39 is 17.9 Å². The lowest BCUT2D eigenvalue weighted by atomic mass is 10.1. The SMILES string of the molecule is O=C1N=CC2C(=O)OC=C2N1. The average molecular weight is 152 g/mol. The van der Waals surface area contributed by atoms with Crippen LogP contribution in [0.4, 0.5) is 4.79 Å². The molecular weight excluding hydrogens is 148 g/mol. The van der Waals surface area contributed by atoms with Crippen molar-refractivity contribution in [1.29, 1.82) is 0 Å². The summed E-state index contributed by atoms with van der Waals surface area (Å²) in [6.07, 6.45) is 2.51. The summed E-state index contributed by atoms with van der Waals surface area (Å²) in [4.78, 5) is 24.8. The van der Waals surface area contributed by atoms with Crippen LogP contribution >= 0.6 is 0 Å². The first-order chi connectivity index (χ1) is 5.27. The van der Waals surface area contributed by atoms with Crippen LogP contribution in [0.15, 0.2) is 17.0 Å². The van der Waals surface area contributed by atoms with Crippen molar-refractivity contribution in [3.8, 4) is 0 Å². The maximum atomic E-state index is 10.8. The van der Waals surface area contributed by atoms with Crippen molar-refractivity contribution < 1.29 is 14.3 Å². The lowest BCUT2D eigenvalue weighted by molar-refractivity contribution is -0.137. The van der Waals surface area contributed by atoms with E-state index in [1.807, 2.05) is 0 Å². The Morgan fingerprint density at radius 1 is 1.55 bits per heavy atom. The molecule has 11 heavy (non-hydrogen) atoms. The molecule has 0 spiro atoms. The van der Waals surface area contributed by atoms with Crippen LogP contribution in [0.1, 0.15) is 0 Å². The number of nitrogens with zero attached hydrogens (tertiary/aromatic N) is 1. The Bertz CT molecular complexity index is 292. The standard InChI is InChI=1S/C6H4N2O3/c9-5-3-1-7-6(10)8-4(3)2-11-5/h1-3H,(H,8,10). The first kappa shape index (κ1) is 6.09. The van der Waals surface area contributed by atoms with E-state index in [9.17, 15) is 9.59 Å². The Hall–Kier alpha value is -1.65. The molecule has 0 aliphatic carbocycles. The molecule has 1 atom stereocenters. The molecule has 0 saturated heterocycles. The fourth-order valence-electron chi connectivity index (χ4n) is 0.941. The Kier molecular flexibility index (Phi) is 1.06. The number of rotatable bonds is 0. The van der Waals surface area contributed by atoms with E-state index in [2.05, 4.69) is 15.0 Å². The smallest absolute Gasteiger partial charge is 0.344 e. The van der Waals surface area contributed by atoms with Gasteiger partial charge in [-0.2, -0.15) is 0 Å². The highest BCUT2D eigenvalue weighted by atomic mass is 16.5.